The van der Waals surface area contributed by atoms with Gasteiger partial charge >= 0.3 is 0 Å². The van der Waals surface area contributed by atoms with Crippen LogP contribution in [0.1, 0.15) is 49.9 Å². The van der Waals surface area contributed by atoms with Gasteiger partial charge in [0.15, 0.2) is 0 Å². The number of piperidine rings is 1. The molecule has 1 aromatic rings. The molecule has 1 unspecified atom stereocenters. The number of aromatic nitrogens is 2. The maximum absolute atomic E-state index is 5.68. The molecule has 0 radical (unpaired) electrons. The summed E-state index contributed by atoms with van der Waals surface area (Å²) in [7, 11) is 1.71. The minimum absolute atomic E-state index is 0.198. The van der Waals surface area contributed by atoms with Gasteiger partial charge in [-0.15, -0.1) is 0 Å². The number of rotatable bonds is 3. The van der Waals surface area contributed by atoms with Crippen molar-refractivity contribution in [3.05, 3.63) is 11.7 Å². The molecule has 0 saturated carbocycles. The summed E-state index contributed by atoms with van der Waals surface area (Å²) in [5.74, 6) is 1.36. The van der Waals surface area contributed by atoms with Crippen LogP contribution in [0.3, 0.4) is 0 Å². The molecule has 0 amide bonds. The van der Waals surface area contributed by atoms with Gasteiger partial charge in [-0.2, -0.15) is 4.98 Å². The maximum atomic E-state index is 5.68. The number of nitrogens with one attached hydrogen (secondary N) is 1. The molecule has 0 aromatic carbocycles. The van der Waals surface area contributed by atoms with Gasteiger partial charge in [0.2, 0.25) is 11.7 Å². The normalized spacial score (nSPS) is 27.3. The summed E-state index contributed by atoms with van der Waals surface area (Å²) in [5.41, 5.74) is -0.436. The van der Waals surface area contributed by atoms with E-state index in [1.165, 1.54) is 12.8 Å². The van der Waals surface area contributed by atoms with Crippen LogP contribution in [-0.2, 0) is 15.1 Å². The fourth-order valence-corrected chi connectivity index (χ4v) is 2.84. The van der Waals surface area contributed by atoms with E-state index in [0.717, 1.165) is 25.8 Å². The van der Waals surface area contributed by atoms with Crippen LogP contribution in [0.2, 0.25) is 0 Å². The van der Waals surface area contributed by atoms with Gasteiger partial charge in [-0.05, 0) is 19.4 Å². The lowest BCUT2D eigenvalue weighted by atomic mass is 9.93. The molecule has 6 nitrogen and oxygen atoms in total. The molecule has 3 heterocycles. The molecular formula is C13H21N3O3. The molecule has 2 aliphatic rings. The molecule has 0 spiro atoms. The topological polar surface area (TPSA) is 69.4 Å². The van der Waals surface area contributed by atoms with Gasteiger partial charge in [-0.3, -0.25) is 0 Å². The zero-order valence-corrected chi connectivity index (χ0v) is 11.4. The molecule has 19 heavy (non-hydrogen) atoms. The fraction of sp³-hybridized carbons (Fsp3) is 0.846. The Bertz CT molecular complexity index is 409. The first-order chi connectivity index (χ1) is 9.34. The van der Waals surface area contributed by atoms with Crippen molar-refractivity contribution >= 4 is 0 Å². The molecule has 1 N–H and O–H groups in total. The number of nitrogens with zero attached hydrogens (tertiary/aromatic N) is 2. The maximum Gasteiger partial charge on any atom is 0.243 e. The van der Waals surface area contributed by atoms with Gasteiger partial charge in [0.05, 0.1) is 6.04 Å². The standard InChI is InChI=1S/C13H21N3O3/c1-17-13(5-8-18-9-6-13)12-15-11(19-16-12)10-4-2-3-7-14-10/h10,14H,2-9H2,1H3. The van der Waals surface area contributed by atoms with Crippen LogP contribution >= 0.6 is 0 Å². The first-order valence-electron chi connectivity index (χ1n) is 7.04. The van der Waals surface area contributed by atoms with Gasteiger partial charge in [0.25, 0.3) is 0 Å². The van der Waals surface area contributed by atoms with E-state index in [4.69, 9.17) is 14.0 Å². The first-order valence-corrected chi connectivity index (χ1v) is 7.04. The van der Waals surface area contributed by atoms with E-state index in [1.807, 2.05) is 0 Å². The van der Waals surface area contributed by atoms with E-state index in [9.17, 15) is 0 Å². The van der Waals surface area contributed by atoms with Crippen LogP contribution in [0.5, 0.6) is 0 Å². The van der Waals surface area contributed by atoms with E-state index in [-0.39, 0.29) is 6.04 Å². The van der Waals surface area contributed by atoms with Crippen molar-refractivity contribution in [1.82, 2.24) is 15.5 Å². The lowest BCUT2D eigenvalue weighted by molar-refractivity contribution is -0.101. The SMILES string of the molecule is COC1(c2noc(C3CCCCN3)n2)CCOCC1. The van der Waals surface area contributed by atoms with Crippen LogP contribution in [0.25, 0.3) is 0 Å². The largest absolute Gasteiger partial charge is 0.381 e. The average Bonchev–Trinajstić information content (AvgIpc) is 2.99. The van der Waals surface area contributed by atoms with Crippen molar-refractivity contribution < 1.29 is 14.0 Å². The van der Waals surface area contributed by atoms with Crippen LogP contribution in [0.4, 0.5) is 0 Å². The number of hydrogen-bond acceptors (Lipinski definition) is 6. The highest BCUT2D eigenvalue weighted by Crippen LogP contribution is 2.34. The molecule has 2 saturated heterocycles. The third kappa shape index (κ3) is 2.52. The fourth-order valence-electron chi connectivity index (χ4n) is 2.84. The zero-order valence-electron chi connectivity index (χ0n) is 11.4. The molecule has 0 aliphatic carbocycles. The summed E-state index contributed by atoms with van der Waals surface area (Å²) in [6, 6.07) is 0.198. The Morgan fingerprint density at radius 3 is 2.84 bits per heavy atom. The molecular weight excluding hydrogens is 246 g/mol. The molecule has 1 aromatic heterocycles. The Balaban J connectivity index is 1.79. The molecule has 0 bridgehead atoms. The monoisotopic (exact) mass is 267 g/mol. The summed E-state index contributed by atoms with van der Waals surface area (Å²) < 4.78 is 16.5. The molecule has 6 heteroatoms. The Labute approximate surface area is 112 Å². The summed E-state index contributed by atoms with van der Waals surface area (Å²) >= 11 is 0. The summed E-state index contributed by atoms with van der Waals surface area (Å²) in [6.07, 6.45) is 5.04. The molecule has 2 fully saturated rings. The summed E-state index contributed by atoms with van der Waals surface area (Å²) in [5, 5.41) is 7.57. The lowest BCUT2D eigenvalue weighted by Gasteiger charge is -2.32. The number of ether oxygens (including phenoxy) is 2. The summed E-state index contributed by atoms with van der Waals surface area (Å²) in [4.78, 5) is 4.58. The first kappa shape index (κ1) is 13.0. The molecule has 3 rings (SSSR count). The van der Waals surface area contributed by atoms with Crippen molar-refractivity contribution in [2.24, 2.45) is 0 Å². The molecule has 1 atom stereocenters. The third-order valence-electron chi connectivity index (χ3n) is 4.15. The molecule has 2 aliphatic heterocycles. The Morgan fingerprint density at radius 2 is 2.16 bits per heavy atom. The van der Waals surface area contributed by atoms with Crippen LogP contribution < -0.4 is 5.32 Å². The Morgan fingerprint density at radius 1 is 1.32 bits per heavy atom. The Hall–Kier alpha value is -0.980. The van der Waals surface area contributed by atoms with E-state index in [0.29, 0.717) is 24.9 Å². The minimum Gasteiger partial charge on any atom is -0.381 e. The van der Waals surface area contributed by atoms with Crippen LogP contribution in [0, 0.1) is 0 Å². The van der Waals surface area contributed by atoms with Gasteiger partial charge < -0.3 is 19.3 Å². The zero-order chi connectivity index (χ0) is 13.1. The second-order valence-corrected chi connectivity index (χ2v) is 5.27. The highest BCUT2D eigenvalue weighted by atomic mass is 16.5. The van der Waals surface area contributed by atoms with Crippen molar-refractivity contribution in [2.45, 2.75) is 43.7 Å². The third-order valence-corrected chi connectivity index (χ3v) is 4.15. The van der Waals surface area contributed by atoms with E-state index >= 15 is 0 Å². The van der Waals surface area contributed by atoms with Crippen molar-refractivity contribution in [3.63, 3.8) is 0 Å². The van der Waals surface area contributed by atoms with Crippen LogP contribution in [0.15, 0.2) is 4.52 Å². The van der Waals surface area contributed by atoms with Gasteiger partial charge in [-0.25, -0.2) is 0 Å². The summed E-state index contributed by atoms with van der Waals surface area (Å²) in [6.45, 7) is 2.38. The highest BCUT2D eigenvalue weighted by molar-refractivity contribution is 5.05. The van der Waals surface area contributed by atoms with Crippen molar-refractivity contribution in [2.75, 3.05) is 26.9 Å². The average molecular weight is 267 g/mol. The van der Waals surface area contributed by atoms with Crippen molar-refractivity contribution in [1.29, 1.82) is 0 Å². The van der Waals surface area contributed by atoms with Crippen molar-refractivity contribution in [3.8, 4) is 0 Å². The quantitative estimate of drug-likeness (QED) is 0.895. The van der Waals surface area contributed by atoms with Gasteiger partial charge in [0.1, 0.15) is 5.60 Å². The highest BCUT2D eigenvalue weighted by Gasteiger charge is 2.39. The minimum atomic E-state index is -0.436. The second-order valence-electron chi connectivity index (χ2n) is 5.27. The second kappa shape index (κ2) is 5.56. The van der Waals surface area contributed by atoms with E-state index in [1.54, 1.807) is 7.11 Å². The molecule has 106 valence electrons. The van der Waals surface area contributed by atoms with Gasteiger partial charge in [0, 0.05) is 33.2 Å². The van der Waals surface area contributed by atoms with E-state index < -0.39 is 5.60 Å². The number of hydrogen-bond donors (Lipinski definition) is 1. The Kier molecular flexibility index (Phi) is 3.81. The predicted molar refractivity (Wildman–Crippen MR) is 67.6 cm³/mol. The van der Waals surface area contributed by atoms with Gasteiger partial charge in [-0.1, -0.05) is 11.6 Å². The smallest absolute Gasteiger partial charge is 0.243 e. The lowest BCUT2D eigenvalue weighted by Crippen LogP contribution is -2.36. The predicted octanol–water partition coefficient (Wildman–Crippen LogP) is 1.54. The van der Waals surface area contributed by atoms with E-state index in [2.05, 4.69) is 15.5 Å². The van der Waals surface area contributed by atoms with Crippen LogP contribution in [-0.4, -0.2) is 37.0 Å². The number of methoxy groups -OCH3 is 1.